The van der Waals surface area contributed by atoms with Gasteiger partial charge in [0.05, 0.1) is 33.5 Å². The summed E-state index contributed by atoms with van der Waals surface area (Å²) in [6, 6.07) is 0. The van der Waals surface area contributed by atoms with E-state index in [0.717, 1.165) is 0 Å². The Balaban J connectivity index is 2.37. The molecule has 20 heavy (non-hydrogen) atoms. The Kier molecular flexibility index (Phi) is 5.09. The third kappa shape index (κ3) is 2.58. The van der Waals surface area contributed by atoms with Gasteiger partial charge in [0.1, 0.15) is 0 Å². The highest BCUT2D eigenvalue weighted by molar-refractivity contribution is 6.07. The smallest absolute Gasteiger partial charge is 0.349 e. The molecule has 0 aromatic heterocycles. The van der Waals surface area contributed by atoms with Crippen LogP contribution in [0.15, 0.2) is 0 Å². The minimum absolute atomic E-state index is 0.215. The molecule has 0 aromatic carbocycles. The van der Waals surface area contributed by atoms with E-state index in [4.69, 9.17) is 14.2 Å². The van der Waals surface area contributed by atoms with Gasteiger partial charge in [0, 0.05) is 26.2 Å². The standard InChI is InChI=1S/C13H22N2O5/c1-11(16)13(12(17)18-2,14-3-7-19-8-4-14)15-5-9-20-10-6-15/h3-10H2,1-2H3. The summed E-state index contributed by atoms with van der Waals surface area (Å²) in [5, 5.41) is 0. The number of hydrogen-bond acceptors (Lipinski definition) is 7. The van der Waals surface area contributed by atoms with Crippen LogP contribution in [0, 0.1) is 0 Å². The van der Waals surface area contributed by atoms with Crippen molar-refractivity contribution in [2.24, 2.45) is 0 Å². The lowest BCUT2D eigenvalue weighted by Crippen LogP contribution is -2.72. The van der Waals surface area contributed by atoms with Crippen molar-refractivity contribution in [1.82, 2.24) is 9.80 Å². The molecule has 0 atom stereocenters. The molecule has 0 aliphatic carbocycles. The molecule has 2 rings (SSSR count). The summed E-state index contributed by atoms with van der Waals surface area (Å²) in [4.78, 5) is 28.6. The SMILES string of the molecule is COC(=O)C(C(C)=O)(N1CCOCC1)N1CCOCC1. The van der Waals surface area contributed by atoms with Gasteiger partial charge in [-0.1, -0.05) is 0 Å². The van der Waals surface area contributed by atoms with Crippen LogP contribution in [0.25, 0.3) is 0 Å². The maximum absolute atomic E-state index is 12.5. The first-order chi connectivity index (χ1) is 9.64. The van der Waals surface area contributed by atoms with Crippen molar-refractivity contribution in [3.05, 3.63) is 0 Å². The summed E-state index contributed by atoms with van der Waals surface area (Å²) in [7, 11) is 1.32. The first-order valence-corrected chi connectivity index (χ1v) is 6.89. The maximum atomic E-state index is 12.5. The van der Waals surface area contributed by atoms with E-state index >= 15 is 0 Å². The fraction of sp³-hybridized carbons (Fsp3) is 0.846. The van der Waals surface area contributed by atoms with E-state index in [9.17, 15) is 9.59 Å². The number of hydrogen-bond donors (Lipinski definition) is 0. The number of rotatable bonds is 4. The fourth-order valence-electron chi connectivity index (χ4n) is 2.96. The average molecular weight is 286 g/mol. The number of carbonyl (C=O) groups excluding carboxylic acids is 2. The zero-order valence-electron chi connectivity index (χ0n) is 12.1. The van der Waals surface area contributed by atoms with Crippen LogP contribution in [0.3, 0.4) is 0 Å². The van der Waals surface area contributed by atoms with Gasteiger partial charge >= 0.3 is 5.97 Å². The van der Waals surface area contributed by atoms with Gasteiger partial charge in [-0.05, 0) is 6.92 Å². The summed E-state index contributed by atoms with van der Waals surface area (Å²) in [5.74, 6) is -0.734. The topological polar surface area (TPSA) is 68.3 Å². The monoisotopic (exact) mass is 286 g/mol. The molecular formula is C13H22N2O5. The Bertz CT molecular complexity index is 344. The van der Waals surface area contributed by atoms with Crippen molar-refractivity contribution in [3.8, 4) is 0 Å². The van der Waals surface area contributed by atoms with Crippen LogP contribution in [0.2, 0.25) is 0 Å². The van der Waals surface area contributed by atoms with Crippen molar-refractivity contribution in [2.75, 3.05) is 59.7 Å². The van der Waals surface area contributed by atoms with E-state index in [2.05, 4.69) is 0 Å². The highest BCUT2D eigenvalue weighted by Gasteiger charge is 2.55. The molecule has 0 N–H and O–H groups in total. The second kappa shape index (κ2) is 6.62. The molecule has 0 spiro atoms. The lowest BCUT2D eigenvalue weighted by atomic mass is 9.99. The van der Waals surface area contributed by atoms with Crippen molar-refractivity contribution in [3.63, 3.8) is 0 Å². The van der Waals surface area contributed by atoms with E-state index in [1.165, 1.54) is 14.0 Å². The molecule has 0 bridgehead atoms. The molecule has 2 saturated heterocycles. The van der Waals surface area contributed by atoms with Crippen LogP contribution in [0.4, 0.5) is 0 Å². The largest absolute Gasteiger partial charge is 0.466 e. The molecule has 7 nitrogen and oxygen atoms in total. The van der Waals surface area contributed by atoms with Gasteiger partial charge < -0.3 is 14.2 Å². The molecule has 0 aromatic rings. The van der Waals surface area contributed by atoms with E-state index < -0.39 is 11.6 Å². The molecule has 2 aliphatic heterocycles. The minimum Gasteiger partial charge on any atom is -0.466 e. The highest BCUT2D eigenvalue weighted by atomic mass is 16.5. The summed E-state index contributed by atoms with van der Waals surface area (Å²) in [5.41, 5.74) is -1.34. The van der Waals surface area contributed by atoms with E-state index in [0.29, 0.717) is 52.6 Å². The van der Waals surface area contributed by atoms with Gasteiger partial charge in [-0.25, -0.2) is 4.79 Å². The first kappa shape index (κ1) is 15.4. The Morgan fingerprint density at radius 3 is 1.65 bits per heavy atom. The third-order valence-corrected chi connectivity index (χ3v) is 3.90. The van der Waals surface area contributed by atoms with Crippen LogP contribution >= 0.6 is 0 Å². The van der Waals surface area contributed by atoms with Gasteiger partial charge in [0.2, 0.25) is 5.66 Å². The van der Waals surface area contributed by atoms with Crippen molar-refractivity contribution in [2.45, 2.75) is 12.6 Å². The second-order valence-corrected chi connectivity index (χ2v) is 4.92. The van der Waals surface area contributed by atoms with Crippen molar-refractivity contribution < 1.29 is 23.8 Å². The van der Waals surface area contributed by atoms with Crippen LogP contribution in [0.5, 0.6) is 0 Å². The summed E-state index contributed by atoms with van der Waals surface area (Å²) in [6.07, 6.45) is 0. The molecule has 0 unspecified atom stereocenters. The normalized spacial score (nSPS) is 22.5. The Morgan fingerprint density at radius 2 is 1.35 bits per heavy atom. The zero-order chi connectivity index (χ0) is 14.6. The Labute approximate surface area is 118 Å². The molecule has 7 heteroatoms. The molecule has 114 valence electrons. The van der Waals surface area contributed by atoms with E-state index in [-0.39, 0.29) is 5.78 Å². The fourth-order valence-corrected chi connectivity index (χ4v) is 2.96. The van der Waals surface area contributed by atoms with Gasteiger partial charge in [-0.3, -0.25) is 14.6 Å². The quantitative estimate of drug-likeness (QED) is 0.490. The molecular weight excluding hydrogens is 264 g/mol. The van der Waals surface area contributed by atoms with Crippen LogP contribution in [-0.4, -0.2) is 86.9 Å². The van der Waals surface area contributed by atoms with Crippen molar-refractivity contribution in [1.29, 1.82) is 0 Å². The number of ether oxygens (including phenoxy) is 3. The molecule has 2 heterocycles. The summed E-state index contributed by atoms with van der Waals surface area (Å²) >= 11 is 0. The van der Waals surface area contributed by atoms with Gasteiger partial charge in [0.15, 0.2) is 5.78 Å². The number of carbonyl (C=O) groups is 2. The Morgan fingerprint density at radius 1 is 0.950 bits per heavy atom. The average Bonchev–Trinajstić information content (AvgIpc) is 2.49. The second-order valence-electron chi connectivity index (χ2n) is 4.92. The number of esters is 1. The molecule has 2 aliphatic rings. The predicted molar refractivity (Wildman–Crippen MR) is 70.2 cm³/mol. The molecule has 2 fully saturated rings. The number of methoxy groups -OCH3 is 1. The van der Waals surface area contributed by atoms with Crippen LogP contribution < -0.4 is 0 Å². The first-order valence-electron chi connectivity index (χ1n) is 6.89. The van der Waals surface area contributed by atoms with Gasteiger partial charge in [-0.2, -0.15) is 0 Å². The van der Waals surface area contributed by atoms with E-state index in [1.54, 1.807) is 0 Å². The van der Waals surface area contributed by atoms with Crippen molar-refractivity contribution >= 4 is 11.8 Å². The Hall–Kier alpha value is -1.02. The minimum atomic E-state index is -1.34. The summed E-state index contributed by atoms with van der Waals surface area (Å²) in [6.45, 7) is 5.62. The van der Waals surface area contributed by atoms with E-state index in [1.807, 2.05) is 9.80 Å². The zero-order valence-corrected chi connectivity index (χ0v) is 12.1. The van der Waals surface area contributed by atoms with Crippen LogP contribution in [0.1, 0.15) is 6.92 Å². The number of morpholine rings is 2. The van der Waals surface area contributed by atoms with Gasteiger partial charge in [-0.15, -0.1) is 0 Å². The molecule has 0 radical (unpaired) electrons. The maximum Gasteiger partial charge on any atom is 0.349 e. The summed E-state index contributed by atoms with van der Waals surface area (Å²) < 4.78 is 15.6. The number of Topliss-reactive ketones (excluding diaryl/α,β-unsaturated/α-hetero) is 1. The third-order valence-electron chi connectivity index (χ3n) is 3.90. The van der Waals surface area contributed by atoms with Crippen LogP contribution in [-0.2, 0) is 23.8 Å². The lowest BCUT2D eigenvalue weighted by molar-refractivity contribution is -0.187. The predicted octanol–water partition coefficient (Wildman–Crippen LogP) is -0.891. The molecule has 0 amide bonds. The molecule has 0 saturated carbocycles. The number of ketones is 1. The lowest BCUT2D eigenvalue weighted by Gasteiger charge is -2.48. The van der Waals surface area contributed by atoms with Gasteiger partial charge in [0.25, 0.3) is 0 Å². The number of nitrogens with zero attached hydrogens (tertiary/aromatic N) is 2. The highest BCUT2D eigenvalue weighted by Crippen LogP contribution is 2.26.